The summed E-state index contributed by atoms with van der Waals surface area (Å²) in [5.41, 5.74) is 2.70. The van der Waals surface area contributed by atoms with Gasteiger partial charge < -0.3 is 15.7 Å². The Bertz CT molecular complexity index is 525. The van der Waals surface area contributed by atoms with E-state index in [1.165, 1.54) is 25.7 Å². The first-order chi connectivity index (χ1) is 11.8. The first kappa shape index (κ1) is 18.5. The van der Waals surface area contributed by atoms with Crippen LogP contribution in [0.5, 0.6) is 0 Å². The van der Waals surface area contributed by atoms with Crippen molar-refractivity contribution in [2.45, 2.75) is 51.6 Å². The largest absolute Gasteiger partial charge is 0.391 e. The van der Waals surface area contributed by atoms with Crippen molar-refractivity contribution < 1.29 is 5.11 Å². The minimum Gasteiger partial charge on any atom is -0.391 e. The Kier molecular flexibility index (Phi) is 8.39. The van der Waals surface area contributed by atoms with Crippen LogP contribution in [0.25, 0.3) is 0 Å². The molecule has 0 saturated heterocycles. The minimum atomic E-state index is -0.455. The summed E-state index contributed by atoms with van der Waals surface area (Å²) in [6.07, 6.45) is 8.78. The summed E-state index contributed by atoms with van der Waals surface area (Å²) in [7, 11) is 0. The number of aliphatic imine (C=N–C) groups is 1. The second-order valence-electron chi connectivity index (χ2n) is 6.35. The van der Waals surface area contributed by atoms with Crippen molar-refractivity contribution in [2.24, 2.45) is 4.99 Å². The summed E-state index contributed by atoms with van der Waals surface area (Å²) >= 11 is 0. The number of nitrogens with one attached hydrogen (secondary N) is 2. The quantitative estimate of drug-likeness (QED) is 0.390. The molecule has 3 N–H and O–H groups in total. The zero-order chi connectivity index (χ0) is 17.0. The molecule has 0 fully saturated rings. The molecule has 1 unspecified atom stereocenters. The van der Waals surface area contributed by atoms with E-state index in [-0.39, 0.29) is 0 Å². The van der Waals surface area contributed by atoms with E-state index in [0.29, 0.717) is 13.0 Å². The smallest absolute Gasteiger partial charge is 0.191 e. The second-order valence-corrected chi connectivity index (χ2v) is 6.35. The lowest BCUT2D eigenvalue weighted by atomic mass is 9.97. The number of rotatable bonds is 8. The maximum Gasteiger partial charge on any atom is 0.191 e. The fourth-order valence-corrected chi connectivity index (χ4v) is 2.96. The van der Waals surface area contributed by atoms with Gasteiger partial charge in [-0.3, -0.25) is 4.99 Å². The highest BCUT2D eigenvalue weighted by Crippen LogP contribution is 2.19. The van der Waals surface area contributed by atoms with E-state index in [4.69, 9.17) is 0 Å². The Balaban J connectivity index is 1.75. The van der Waals surface area contributed by atoms with Crippen molar-refractivity contribution in [3.8, 4) is 0 Å². The average Bonchev–Trinajstić information content (AvgIpc) is 2.61. The van der Waals surface area contributed by atoms with Crippen molar-refractivity contribution in [3.63, 3.8) is 0 Å². The molecule has 0 saturated carbocycles. The highest BCUT2D eigenvalue weighted by atomic mass is 16.3. The third-order valence-corrected chi connectivity index (χ3v) is 4.24. The van der Waals surface area contributed by atoms with Gasteiger partial charge in [0.2, 0.25) is 0 Å². The number of nitrogens with zero attached hydrogens (tertiary/aromatic N) is 1. The molecule has 2 rings (SSSR count). The maximum atomic E-state index is 10.2. The lowest BCUT2D eigenvalue weighted by Gasteiger charge is -2.15. The lowest BCUT2D eigenvalue weighted by Crippen LogP contribution is -2.38. The van der Waals surface area contributed by atoms with E-state index < -0.39 is 6.10 Å². The first-order valence-corrected chi connectivity index (χ1v) is 9.20. The van der Waals surface area contributed by atoms with Crippen LogP contribution < -0.4 is 10.6 Å². The summed E-state index contributed by atoms with van der Waals surface area (Å²) in [5.74, 6) is 0.793. The van der Waals surface area contributed by atoms with Crippen molar-refractivity contribution in [3.05, 3.63) is 47.5 Å². The Morgan fingerprint density at radius 3 is 2.75 bits per heavy atom. The van der Waals surface area contributed by atoms with Crippen LogP contribution >= 0.6 is 0 Å². The van der Waals surface area contributed by atoms with Gasteiger partial charge in [-0.05, 0) is 44.6 Å². The van der Waals surface area contributed by atoms with Gasteiger partial charge in [-0.1, -0.05) is 42.0 Å². The summed E-state index contributed by atoms with van der Waals surface area (Å²) < 4.78 is 0. The van der Waals surface area contributed by atoms with Gasteiger partial charge in [0.1, 0.15) is 0 Å². The molecule has 0 heterocycles. The predicted molar refractivity (Wildman–Crippen MR) is 101 cm³/mol. The minimum absolute atomic E-state index is 0.410. The molecular formula is C20H31N3O. The molecule has 4 nitrogen and oxygen atoms in total. The fourth-order valence-electron chi connectivity index (χ4n) is 2.96. The number of allylic oxidation sites excluding steroid dienone is 1. The average molecular weight is 329 g/mol. The van der Waals surface area contributed by atoms with Gasteiger partial charge in [0.15, 0.2) is 5.96 Å². The van der Waals surface area contributed by atoms with Crippen molar-refractivity contribution in [1.29, 1.82) is 0 Å². The molecule has 0 aliphatic heterocycles. The van der Waals surface area contributed by atoms with Crippen molar-refractivity contribution in [2.75, 3.05) is 19.6 Å². The van der Waals surface area contributed by atoms with Gasteiger partial charge in [-0.2, -0.15) is 0 Å². The predicted octanol–water partition coefficient (Wildman–Crippen LogP) is 3.04. The van der Waals surface area contributed by atoms with E-state index in [9.17, 15) is 5.11 Å². The van der Waals surface area contributed by atoms with Crippen LogP contribution in [0.15, 0.2) is 47.0 Å². The number of hydrogen-bond donors (Lipinski definition) is 3. The van der Waals surface area contributed by atoms with Gasteiger partial charge in [0.05, 0.1) is 12.6 Å². The molecule has 1 aromatic rings. The molecule has 132 valence electrons. The summed E-state index contributed by atoms with van der Waals surface area (Å²) in [6.45, 7) is 4.18. The second kappa shape index (κ2) is 10.9. The van der Waals surface area contributed by atoms with Gasteiger partial charge in [0, 0.05) is 19.5 Å². The zero-order valence-corrected chi connectivity index (χ0v) is 14.8. The van der Waals surface area contributed by atoms with E-state index in [1.807, 2.05) is 30.3 Å². The van der Waals surface area contributed by atoms with Crippen LogP contribution in [-0.4, -0.2) is 36.8 Å². The standard InChI is InChI=1S/C20H31N3O/c1-2-21-20(22-14-13-17-9-5-3-6-10-17)23-16-19(24)15-18-11-7-4-8-12-18/h4,7-9,11-12,19,24H,2-3,5-6,10,13-16H2,1H3,(H2,21,22,23). The molecule has 4 heteroatoms. The third-order valence-electron chi connectivity index (χ3n) is 4.24. The monoisotopic (exact) mass is 329 g/mol. The summed E-state index contributed by atoms with van der Waals surface area (Å²) in [5, 5.41) is 16.8. The zero-order valence-electron chi connectivity index (χ0n) is 14.8. The number of guanidine groups is 1. The van der Waals surface area contributed by atoms with Crippen LogP contribution in [-0.2, 0) is 6.42 Å². The summed E-state index contributed by atoms with van der Waals surface area (Å²) in [6, 6.07) is 10.1. The van der Waals surface area contributed by atoms with E-state index in [0.717, 1.165) is 31.0 Å². The highest BCUT2D eigenvalue weighted by Gasteiger charge is 2.07. The first-order valence-electron chi connectivity index (χ1n) is 9.20. The molecule has 0 amide bonds. The molecule has 0 aromatic heterocycles. The Hall–Kier alpha value is -1.81. The highest BCUT2D eigenvalue weighted by molar-refractivity contribution is 5.79. The third kappa shape index (κ3) is 7.18. The molecule has 1 aliphatic carbocycles. The van der Waals surface area contributed by atoms with Crippen LogP contribution in [0.4, 0.5) is 0 Å². The Morgan fingerprint density at radius 1 is 1.21 bits per heavy atom. The maximum absolute atomic E-state index is 10.2. The topological polar surface area (TPSA) is 56.7 Å². The molecule has 1 aromatic carbocycles. The summed E-state index contributed by atoms with van der Waals surface area (Å²) in [4.78, 5) is 4.52. The van der Waals surface area contributed by atoms with Crippen LogP contribution in [0.3, 0.4) is 0 Å². The fraction of sp³-hybridized carbons (Fsp3) is 0.550. The molecule has 0 radical (unpaired) electrons. The van der Waals surface area contributed by atoms with Crippen LogP contribution in [0.2, 0.25) is 0 Å². The Morgan fingerprint density at radius 2 is 2.04 bits per heavy atom. The van der Waals surface area contributed by atoms with Gasteiger partial charge >= 0.3 is 0 Å². The molecule has 0 spiro atoms. The molecular weight excluding hydrogens is 298 g/mol. The molecule has 24 heavy (non-hydrogen) atoms. The number of aliphatic hydroxyl groups excluding tert-OH is 1. The van der Waals surface area contributed by atoms with Crippen LogP contribution in [0.1, 0.15) is 44.6 Å². The lowest BCUT2D eigenvalue weighted by molar-refractivity contribution is 0.183. The Labute approximate surface area is 146 Å². The molecule has 1 atom stereocenters. The number of hydrogen-bond acceptors (Lipinski definition) is 2. The molecule has 0 bridgehead atoms. The van der Waals surface area contributed by atoms with Crippen molar-refractivity contribution in [1.82, 2.24) is 10.6 Å². The number of aliphatic hydroxyl groups is 1. The van der Waals surface area contributed by atoms with Crippen LogP contribution in [0, 0.1) is 0 Å². The van der Waals surface area contributed by atoms with E-state index in [1.54, 1.807) is 5.57 Å². The number of benzene rings is 1. The van der Waals surface area contributed by atoms with Gasteiger partial charge in [-0.25, -0.2) is 0 Å². The molecule has 1 aliphatic rings. The van der Waals surface area contributed by atoms with Gasteiger partial charge in [-0.15, -0.1) is 0 Å². The normalized spacial score (nSPS) is 16.4. The van der Waals surface area contributed by atoms with E-state index in [2.05, 4.69) is 28.6 Å². The van der Waals surface area contributed by atoms with E-state index >= 15 is 0 Å². The van der Waals surface area contributed by atoms with Gasteiger partial charge in [0.25, 0.3) is 0 Å². The van der Waals surface area contributed by atoms with Crippen molar-refractivity contribution >= 4 is 5.96 Å². The SMILES string of the molecule is CCNC(=NCC(O)Cc1ccccc1)NCCC1=CCCCC1.